The molecule has 0 spiro atoms. The van der Waals surface area contributed by atoms with Crippen molar-refractivity contribution in [2.75, 3.05) is 13.1 Å². The third-order valence-corrected chi connectivity index (χ3v) is 2.30. The topological polar surface area (TPSA) is 53.3 Å². The van der Waals surface area contributed by atoms with Gasteiger partial charge in [0.15, 0.2) is 0 Å². The average molecular weight is 196 g/mol. The zero-order valence-corrected chi connectivity index (χ0v) is 8.86. The van der Waals surface area contributed by atoms with Crippen LogP contribution in [0.1, 0.15) is 20.8 Å². The van der Waals surface area contributed by atoms with Crippen molar-refractivity contribution in [3.63, 3.8) is 0 Å². The molecular formula is C10H16N2O2. The minimum atomic E-state index is -0.549. The van der Waals surface area contributed by atoms with E-state index < -0.39 is 5.92 Å². The second kappa shape index (κ2) is 4.43. The molecular weight excluding hydrogens is 180 g/mol. The van der Waals surface area contributed by atoms with Crippen LogP contribution in [0.2, 0.25) is 0 Å². The van der Waals surface area contributed by atoms with Gasteiger partial charge in [0.05, 0.1) is 18.3 Å². The van der Waals surface area contributed by atoms with Gasteiger partial charge in [0.25, 0.3) is 0 Å². The van der Waals surface area contributed by atoms with Gasteiger partial charge in [0.2, 0.25) is 5.91 Å². The third kappa shape index (κ3) is 2.46. The normalized spacial score (nSPS) is 29.4. The first-order valence-electron chi connectivity index (χ1n) is 4.88. The lowest BCUT2D eigenvalue weighted by Crippen LogP contribution is -2.49. The van der Waals surface area contributed by atoms with E-state index in [1.807, 2.05) is 19.9 Å². The number of hydrogen-bond donors (Lipinski definition) is 0. The van der Waals surface area contributed by atoms with Crippen LogP contribution in [-0.4, -0.2) is 36.1 Å². The molecule has 0 radical (unpaired) electrons. The number of nitriles is 1. The van der Waals surface area contributed by atoms with E-state index in [9.17, 15) is 4.79 Å². The van der Waals surface area contributed by atoms with Gasteiger partial charge in [0.1, 0.15) is 5.92 Å². The summed E-state index contributed by atoms with van der Waals surface area (Å²) in [6, 6.07) is 1.96. The highest BCUT2D eigenvalue weighted by Gasteiger charge is 2.28. The minimum Gasteiger partial charge on any atom is -0.372 e. The molecule has 0 saturated carbocycles. The van der Waals surface area contributed by atoms with Crippen molar-refractivity contribution in [3.05, 3.63) is 0 Å². The van der Waals surface area contributed by atoms with Crippen LogP contribution >= 0.6 is 0 Å². The Kier molecular flexibility index (Phi) is 3.48. The first-order chi connectivity index (χ1) is 6.54. The fourth-order valence-corrected chi connectivity index (χ4v) is 1.69. The molecule has 1 aliphatic rings. The number of morpholine rings is 1. The molecule has 0 bridgehead atoms. The van der Waals surface area contributed by atoms with E-state index in [1.165, 1.54) is 0 Å². The Bertz CT molecular complexity index is 249. The van der Waals surface area contributed by atoms with Crippen LogP contribution in [0.5, 0.6) is 0 Å². The second-order valence-electron chi connectivity index (χ2n) is 3.85. The Balaban J connectivity index is 2.60. The van der Waals surface area contributed by atoms with Crippen molar-refractivity contribution in [1.29, 1.82) is 5.26 Å². The quantitative estimate of drug-likeness (QED) is 0.622. The number of hydrogen-bond acceptors (Lipinski definition) is 3. The lowest BCUT2D eigenvalue weighted by molar-refractivity contribution is -0.145. The predicted molar refractivity (Wildman–Crippen MR) is 51.4 cm³/mol. The van der Waals surface area contributed by atoms with Gasteiger partial charge in [-0.3, -0.25) is 4.79 Å². The number of nitrogens with zero attached hydrogens (tertiary/aromatic N) is 2. The first kappa shape index (κ1) is 11.0. The molecule has 4 heteroatoms. The Morgan fingerprint density at radius 1 is 1.50 bits per heavy atom. The minimum absolute atomic E-state index is 0.0635. The van der Waals surface area contributed by atoms with E-state index in [1.54, 1.807) is 11.8 Å². The maximum Gasteiger partial charge on any atom is 0.239 e. The molecule has 0 aromatic heterocycles. The van der Waals surface area contributed by atoms with Gasteiger partial charge in [0, 0.05) is 13.1 Å². The molecule has 1 fully saturated rings. The maximum absolute atomic E-state index is 11.7. The molecule has 1 saturated heterocycles. The largest absolute Gasteiger partial charge is 0.372 e. The summed E-state index contributed by atoms with van der Waals surface area (Å²) in [7, 11) is 0. The van der Waals surface area contributed by atoms with Crippen LogP contribution in [0.25, 0.3) is 0 Å². The molecule has 1 amide bonds. The highest BCUT2D eigenvalue weighted by atomic mass is 16.5. The summed E-state index contributed by atoms with van der Waals surface area (Å²) in [6.45, 7) is 6.69. The molecule has 14 heavy (non-hydrogen) atoms. The molecule has 0 N–H and O–H groups in total. The lowest BCUT2D eigenvalue weighted by Gasteiger charge is -2.35. The number of ether oxygens (including phenoxy) is 1. The van der Waals surface area contributed by atoms with Gasteiger partial charge in [-0.05, 0) is 20.8 Å². The third-order valence-electron chi connectivity index (χ3n) is 2.30. The lowest BCUT2D eigenvalue weighted by atomic mass is 10.1. The van der Waals surface area contributed by atoms with Gasteiger partial charge in [-0.2, -0.15) is 5.26 Å². The van der Waals surface area contributed by atoms with Crippen molar-refractivity contribution < 1.29 is 9.53 Å². The summed E-state index contributed by atoms with van der Waals surface area (Å²) in [5, 5.41) is 8.64. The van der Waals surface area contributed by atoms with Gasteiger partial charge >= 0.3 is 0 Å². The van der Waals surface area contributed by atoms with Crippen LogP contribution in [0.3, 0.4) is 0 Å². The second-order valence-corrected chi connectivity index (χ2v) is 3.85. The van der Waals surface area contributed by atoms with Crippen molar-refractivity contribution >= 4 is 5.91 Å². The van der Waals surface area contributed by atoms with E-state index in [0.29, 0.717) is 13.1 Å². The monoisotopic (exact) mass is 196 g/mol. The summed E-state index contributed by atoms with van der Waals surface area (Å²) in [4.78, 5) is 13.4. The Hall–Kier alpha value is -1.08. The average Bonchev–Trinajstić information content (AvgIpc) is 2.14. The van der Waals surface area contributed by atoms with Gasteiger partial charge < -0.3 is 9.64 Å². The molecule has 78 valence electrons. The Labute approximate surface area is 84.4 Å². The van der Waals surface area contributed by atoms with Crippen molar-refractivity contribution in [2.45, 2.75) is 33.0 Å². The number of amides is 1. The van der Waals surface area contributed by atoms with Crippen LogP contribution in [0.4, 0.5) is 0 Å². The molecule has 3 unspecified atom stereocenters. The Morgan fingerprint density at radius 3 is 2.43 bits per heavy atom. The summed E-state index contributed by atoms with van der Waals surface area (Å²) < 4.78 is 5.50. The number of carbonyl (C=O) groups is 1. The van der Waals surface area contributed by atoms with Crippen LogP contribution in [0, 0.1) is 17.2 Å². The van der Waals surface area contributed by atoms with Crippen LogP contribution in [0.15, 0.2) is 0 Å². The summed E-state index contributed by atoms with van der Waals surface area (Å²) in [6.07, 6.45) is 0.127. The maximum atomic E-state index is 11.7. The number of rotatable bonds is 1. The van der Waals surface area contributed by atoms with Crippen LogP contribution in [-0.2, 0) is 9.53 Å². The molecule has 0 aliphatic carbocycles. The van der Waals surface area contributed by atoms with E-state index >= 15 is 0 Å². The highest BCUT2D eigenvalue weighted by Crippen LogP contribution is 2.13. The summed E-state index contributed by atoms with van der Waals surface area (Å²) in [5.74, 6) is -0.637. The van der Waals surface area contributed by atoms with E-state index in [4.69, 9.17) is 10.00 Å². The van der Waals surface area contributed by atoms with Gasteiger partial charge in [-0.25, -0.2) is 0 Å². The summed E-state index contributed by atoms with van der Waals surface area (Å²) in [5.41, 5.74) is 0. The standard InChI is InChI=1S/C10H16N2O2/c1-7(4-11)10(13)12-5-8(2)14-9(3)6-12/h7-9H,5-6H2,1-3H3. The van der Waals surface area contributed by atoms with Gasteiger partial charge in [-0.1, -0.05) is 0 Å². The van der Waals surface area contributed by atoms with Crippen LogP contribution < -0.4 is 0 Å². The molecule has 4 nitrogen and oxygen atoms in total. The molecule has 3 atom stereocenters. The first-order valence-corrected chi connectivity index (χ1v) is 4.88. The Morgan fingerprint density at radius 2 is 2.00 bits per heavy atom. The molecule has 1 heterocycles. The van der Waals surface area contributed by atoms with E-state index in [0.717, 1.165) is 0 Å². The van der Waals surface area contributed by atoms with Crippen molar-refractivity contribution in [2.24, 2.45) is 5.92 Å². The van der Waals surface area contributed by atoms with E-state index in [-0.39, 0.29) is 18.1 Å². The summed E-state index contributed by atoms with van der Waals surface area (Å²) >= 11 is 0. The molecule has 0 aromatic carbocycles. The predicted octanol–water partition coefficient (Wildman–Crippen LogP) is 0.782. The SMILES string of the molecule is CC1CN(C(=O)C(C)C#N)CC(C)O1. The highest BCUT2D eigenvalue weighted by molar-refractivity contribution is 5.80. The fraction of sp³-hybridized carbons (Fsp3) is 0.800. The van der Waals surface area contributed by atoms with Gasteiger partial charge in [-0.15, -0.1) is 0 Å². The smallest absolute Gasteiger partial charge is 0.239 e. The van der Waals surface area contributed by atoms with E-state index in [2.05, 4.69) is 0 Å². The molecule has 0 aromatic rings. The van der Waals surface area contributed by atoms with Crippen molar-refractivity contribution in [3.8, 4) is 6.07 Å². The van der Waals surface area contributed by atoms with Crippen molar-refractivity contribution in [1.82, 2.24) is 4.90 Å². The fourth-order valence-electron chi connectivity index (χ4n) is 1.69. The number of carbonyl (C=O) groups excluding carboxylic acids is 1. The zero-order chi connectivity index (χ0) is 10.7. The zero-order valence-electron chi connectivity index (χ0n) is 8.86. The molecule has 1 rings (SSSR count). The molecule has 1 aliphatic heterocycles.